The second-order valence-electron chi connectivity index (χ2n) is 2.79. The number of benzene rings is 1. The van der Waals surface area contributed by atoms with Crippen LogP contribution < -0.4 is 10.5 Å². The Kier molecular flexibility index (Phi) is 3.67. The van der Waals surface area contributed by atoms with Crippen molar-refractivity contribution < 1.29 is 12.8 Å². The predicted molar refractivity (Wildman–Crippen MR) is 55.5 cm³/mol. The topological polar surface area (TPSA) is 72.2 Å². The summed E-state index contributed by atoms with van der Waals surface area (Å²) in [5.74, 6) is -0.865. The van der Waals surface area contributed by atoms with E-state index in [9.17, 15) is 12.8 Å². The fourth-order valence-electron chi connectivity index (χ4n) is 1.07. The highest BCUT2D eigenvalue weighted by atomic mass is 35.5. The first-order valence-electron chi connectivity index (χ1n) is 4.04. The quantitative estimate of drug-likeness (QED) is 0.838. The largest absolute Gasteiger partial charge is 0.326 e. The van der Waals surface area contributed by atoms with E-state index in [0.29, 0.717) is 0 Å². The van der Waals surface area contributed by atoms with Crippen LogP contribution in [0.15, 0.2) is 17.0 Å². The number of nitrogens with one attached hydrogen (secondary N) is 1. The molecular formula is C8H10ClFN2O2S. The van der Waals surface area contributed by atoms with Gasteiger partial charge in [0.05, 0.1) is 0 Å². The van der Waals surface area contributed by atoms with E-state index in [4.69, 9.17) is 17.3 Å². The summed E-state index contributed by atoms with van der Waals surface area (Å²) in [7, 11) is -2.66. The molecule has 0 bridgehead atoms. The molecule has 0 unspecified atom stereocenters. The van der Waals surface area contributed by atoms with Crippen molar-refractivity contribution in [2.45, 2.75) is 11.4 Å². The molecule has 0 saturated carbocycles. The molecule has 0 heterocycles. The van der Waals surface area contributed by atoms with Gasteiger partial charge in [0.1, 0.15) is 10.7 Å². The van der Waals surface area contributed by atoms with Crippen LogP contribution in [0.5, 0.6) is 0 Å². The molecule has 0 spiro atoms. The number of sulfonamides is 1. The number of halogens is 2. The fourth-order valence-corrected chi connectivity index (χ4v) is 2.25. The Labute approximate surface area is 92.3 Å². The Balaban J connectivity index is 3.49. The van der Waals surface area contributed by atoms with E-state index < -0.39 is 20.7 Å². The van der Waals surface area contributed by atoms with Crippen LogP contribution in [0.4, 0.5) is 4.39 Å². The molecule has 0 aliphatic carbocycles. The first-order chi connectivity index (χ1) is 6.92. The summed E-state index contributed by atoms with van der Waals surface area (Å²) in [6.07, 6.45) is 0. The van der Waals surface area contributed by atoms with Gasteiger partial charge in [-0.15, -0.1) is 0 Å². The van der Waals surface area contributed by atoms with E-state index in [2.05, 4.69) is 0 Å². The van der Waals surface area contributed by atoms with Crippen molar-refractivity contribution in [1.29, 1.82) is 0 Å². The molecule has 0 saturated heterocycles. The molecule has 7 heteroatoms. The zero-order valence-electron chi connectivity index (χ0n) is 7.92. The highest BCUT2D eigenvalue weighted by Gasteiger charge is 2.20. The van der Waals surface area contributed by atoms with Crippen LogP contribution in [0, 0.1) is 5.82 Å². The third-order valence-corrected chi connectivity index (χ3v) is 3.49. The Morgan fingerprint density at radius 3 is 2.60 bits per heavy atom. The van der Waals surface area contributed by atoms with Gasteiger partial charge in [0, 0.05) is 17.1 Å². The molecule has 0 amide bonds. The van der Waals surface area contributed by atoms with E-state index in [1.54, 1.807) is 0 Å². The number of rotatable bonds is 3. The molecule has 15 heavy (non-hydrogen) atoms. The first-order valence-corrected chi connectivity index (χ1v) is 5.90. The Morgan fingerprint density at radius 2 is 2.13 bits per heavy atom. The lowest BCUT2D eigenvalue weighted by molar-refractivity contribution is 0.553. The van der Waals surface area contributed by atoms with Gasteiger partial charge < -0.3 is 5.73 Å². The summed E-state index contributed by atoms with van der Waals surface area (Å²) in [5, 5.41) is 0.130. The van der Waals surface area contributed by atoms with Crippen molar-refractivity contribution in [2.75, 3.05) is 7.05 Å². The molecule has 0 aromatic heterocycles. The van der Waals surface area contributed by atoms with Gasteiger partial charge in [-0.25, -0.2) is 17.5 Å². The summed E-state index contributed by atoms with van der Waals surface area (Å²) < 4.78 is 38.4. The monoisotopic (exact) mass is 252 g/mol. The molecule has 1 rings (SSSR count). The lowest BCUT2D eigenvalue weighted by Crippen LogP contribution is -2.20. The average molecular weight is 253 g/mol. The first kappa shape index (κ1) is 12.4. The SMILES string of the molecule is CNS(=O)(=O)c1cc(Cl)cc(CN)c1F. The van der Waals surface area contributed by atoms with Crippen LogP contribution in [0.25, 0.3) is 0 Å². The minimum Gasteiger partial charge on any atom is -0.326 e. The third kappa shape index (κ3) is 2.46. The molecule has 0 radical (unpaired) electrons. The summed E-state index contributed by atoms with van der Waals surface area (Å²) in [5.41, 5.74) is 5.33. The van der Waals surface area contributed by atoms with Crippen molar-refractivity contribution in [3.8, 4) is 0 Å². The van der Waals surface area contributed by atoms with Crippen molar-refractivity contribution in [2.24, 2.45) is 5.73 Å². The Morgan fingerprint density at radius 1 is 1.53 bits per heavy atom. The highest BCUT2D eigenvalue weighted by Crippen LogP contribution is 2.23. The van der Waals surface area contributed by atoms with Crippen molar-refractivity contribution in [3.63, 3.8) is 0 Å². The molecule has 3 N–H and O–H groups in total. The van der Waals surface area contributed by atoms with Gasteiger partial charge in [-0.3, -0.25) is 0 Å². The van der Waals surface area contributed by atoms with E-state index in [0.717, 1.165) is 6.07 Å². The smallest absolute Gasteiger partial charge is 0.243 e. The van der Waals surface area contributed by atoms with Gasteiger partial charge in [0.25, 0.3) is 0 Å². The molecule has 0 aliphatic heterocycles. The van der Waals surface area contributed by atoms with Crippen LogP contribution in [0.3, 0.4) is 0 Å². The average Bonchev–Trinajstić information content (AvgIpc) is 2.20. The van der Waals surface area contributed by atoms with E-state index in [1.807, 2.05) is 4.72 Å². The van der Waals surface area contributed by atoms with Crippen molar-refractivity contribution in [3.05, 3.63) is 28.5 Å². The van der Waals surface area contributed by atoms with Gasteiger partial charge in [-0.05, 0) is 19.2 Å². The predicted octanol–water partition coefficient (Wildman–Crippen LogP) is 0.846. The van der Waals surface area contributed by atoms with Crippen LogP contribution in [0.1, 0.15) is 5.56 Å². The molecule has 84 valence electrons. The maximum atomic E-state index is 13.6. The van der Waals surface area contributed by atoms with Crippen LogP contribution >= 0.6 is 11.6 Å². The molecule has 4 nitrogen and oxygen atoms in total. The zero-order chi connectivity index (χ0) is 11.6. The summed E-state index contributed by atoms with van der Waals surface area (Å²) in [4.78, 5) is -0.488. The summed E-state index contributed by atoms with van der Waals surface area (Å²) >= 11 is 5.65. The highest BCUT2D eigenvalue weighted by molar-refractivity contribution is 7.89. The van der Waals surface area contributed by atoms with E-state index in [-0.39, 0.29) is 17.1 Å². The van der Waals surface area contributed by atoms with E-state index >= 15 is 0 Å². The van der Waals surface area contributed by atoms with Crippen LogP contribution in [0.2, 0.25) is 5.02 Å². The Bertz CT molecular complexity index is 476. The number of nitrogens with two attached hydrogens (primary N) is 1. The van der Waals surface area contributed by atoms with Gasteiger partial charge in [-0.1, -0.05) is 11.6 Å². The maximum Gasteiger partial charge on any atom is 0.243 e. The summed E-state index contributed by atoms with van der Waals surface area (Å²) in [6, 6.07) is 2.34. The van der Waals surface area contributed by atoms with Crippen molar-refractivity contribution >= 4 is 21.6 Å². The van der Waals surface area contributed by atoms with E-state index in [1.165, 1.54) is 13.1 Å². The number of hydrogen-bond donors (Lipinski definition) is 2. The summed E-state index contributed by atoms with van der Waals surface area (Å²) in [6.45, 7) is -0.112. The lowest BCUT2D eigenvalue weighted by atomic mass is 10.2. The molecular weight excluding hydrogens is 243 g/mol. The normalized spacial score (nSPS) is 11.7. The van der Waals surface area contributed by atoms with Gasteiger partial charge >= 0.3 is 0 Å². The third-order valence-electron chi connectivity index (χ3n) is 1.86. The second kappa shape index (κ2) is 4.44. The fraction of sp³-hybridized carbons (Fsp3) is 0.250. The number of hydrogen-bond acceptors (Lipinski definition) is 3. The second-order valence-corrected chi connectivity index (χ2v) is 5.08. The van der Waals surface area contributed by atoms with Crippen molar-refractivity contribution in [1.82, 2.24) is 4.72 Å². The molecule has 0 atom stereocenters. The minimum absolute atomic E-state index is 0.0660. The standard InChI is InChI=1S/C8H10ClFN2O2S/c1-12-15(13,14)7-3-6(9)2-5(4-11)8(7)10/h2-3,12H,4,11H2,1H3. The van der Waals surface area contributed by atoms with Gasteiger partial charge in [0.2, 0.25) is 10.0 Å². The maximum absolute atomic E-state index is 13.6. The minimum atomic E-state index is -3.85. The van der Waals surface area contributed by atoms with Gasteiger partial charge in [0.15, 0.2) is 0 Å². The van der Waals surface area contributed by atoms with Gasteiger partial charge in [-0.2, -0.15) is 0 Å². The molecule has 1 aromatic rings. The zero-order valence-corrected chi connectivity index (χ0v) is 9.49. The Hall–Kier alpha value is -0.690. The molecule has 1 aromatic carbocycles. The van der Waals surface area contributed by atoms with Crippen LogP contribution in [-0.4, -0.2) is 15.5 Å². The molecule has 0 fully saturated rings. The molecule has 0 aliphatic rings. The lowest BCUT2D eigenvalue weighted by Gasteiger charge is -2.08. The van der Waals surface area contributed by atoms with Crippen LogP contribution in [-0.2, 0) is 16.6 Å².